The van der Waals surface area contributed by atoms with Crippen LogP contribution in [0.15, 0.2) is 16.7 Å². The average Bonchev–Trinajstić information content (AvgIpc) is 2.14. The standard InChI is InChI=1S/C10H12ClFN2OS/c1-10(2,3)16(15)14-6-9-8(11)4-7(12)5-13-9/h4-6H,1-3H3/b14-6+/t16-/m0/s1. The maximum absolute atomic E-state index is 12.7. The fraction of sp³-hybridized carbons (Fsp3) is 0.400. The summed E-state index contributed by atoms with van der Waals surface area (Å²) < 4.78 is 27.7. The summed E-state index contributed by atoms with van der Waals surface area (Å²) in [6, 6.07) is 1.13. The molecule has 1 heterocycles. The Morgan fingerprint density at radius 3 is 2.69 bits per heavy atom. The van der Waals surface area contributed by atoms with Crippen molar-refractivity contribution in [3.63, 3.8) is 0 Å². The minimum absolute atomic E-state index is 0.148. The molecule has 0 bridgehead atoms. The van der Waals surface area contributed by atoms with Crippen LogP contribution in [0.4, 0.5) is 4.39 Å². The smallest absolute Gasteiger partial charge is 0.144 e. The second-order valence-electron chi connectivity index (χ2n) is 4.12. The topological polar surface area (TPSA) is 48.3 Å². The summed E-state index contributed by atoms with van der Waals surface area (Å²) in [5.74, 6) is -0.515. The molecule has 0 aliphatic heterocycles. The van der Waals surface area contributed by atoms with E-state index in [1.54, 1.807) is 20.8 Å². The van der Waals surface area contributed by atoms with E-state index < -0.39 is 21.9 Å². The number of aromatic nitrogens is 1. The number of pyridine rings is 1. The van der Waals surface area contributed by atoms with Crippen LogP contribution < -0.4 is 0 Å². The molecule has 0 fully saturated rings. The largest absolute Gasteiger partial charge is 0.591 e. The third-order valence-corrected chi connectivity index (χ3v) is 3.28. The summed E-state index contributed by atoms with van der Waals surface area (Å²) in [5.41, 5.74) is 0.306. The van der Waals surface area contributed by atoms with Crippen molar-refractivity contribution < 1.29 is 8.94 Å². The molecule has 0 unspecified atom stereocenters. The van der Waals surface area contributed by atoms with Gasteiger partial charge in [-0.25, -0.2) is 4.39 Å². The Labute approximate surface area is 102 Å². The van der Waals surface area contributed by atoms with Crippen LogP contribution in [0, 0.1) is 5.82 Å². The molecule has 0 radical (unpaired) electrons. The number of rotatable bonds is 2. The third kappa shape index (κ3) is 3.73. The monoisotopic (exact) mass is 262 g/mol. The van der Waals surface area contributed by atoms with Gasteiger partial charge in [0.1, 0.15) is 33.8 Å². The van der Waals surface area contributed by atoms with Crippen molar-refractivity contribution >= 4 is 29.2 Å². The molecule has 0 saturated carbocycles. The van der Waals surface area contributed by atoms with Crippen LogP contribution in [-0.2, 0) is 11.4 Å². The van der Waals surface area contributed by atoms with E-state index in [4.69, 9.17) is 11.6 Å². The maximum Gasteiger partial charge on any atom is 0.144 e. The first-order valence-corrected chi connectivity index (χ1v) is 6.06. The summed E-state index contributed by atoms with van der Waals surface area (Å²) in [5, 5.41) is 0.148. The zero-order valence-electron chi connectivity index (χ0n) is 9.20. The SMILES string of the molecule is CC(C)(C)[S@+]([O-])/N=C/c1ncc(F)cc1Cl. The maximum atomic E-state index is 12.7. The van der Waals surface area contributed by atoms with Gasteiger partial charge in [0, 0.05) is 0 Å². The van der Waals surface area contributed by atoms with E-state index in [9.17, 15) is 8.94 Å². The molecule has 1 aromatic heterocycles. The van der Waals surface area contributed by atoms with Crippen molar-refractivity contribution in [2.75, 3.05) is 0 Å². The van der Waals surface area contributed by atoms with Crippen LogP contribution in [-0.4, -0.2) is 20.5 Å². The molecule has 88 valence electrons. The first kappa shape index (κ1) is 13.4. The normalized spacial score (nSPS) is 14.4. The van der Waals surface area contributed by atoms with E-state index in [-0.39, 0.29) is 5.02 Å². The van der Waals surface area contributed by atoms with Gasteiger partial charge in [0.15, 0.2) is 0 Å². The molecule has 0 N–H and O–H groups in total. The molecule has 6 heteroatoms. The van der Waals surface area contributed by atoms with Crippen molar-refractivity contribution in [3.05, 3.63) is 28.8 Å². The lowest BCUT2D eigenvalue weighted by molar-refractivity contribution is 0.562. The van der Waals surface area contributed by atoms with E-state index in [2.05, 4.69) is 9.38 Å². The summed E-state index contributed by atoms with van der Waals surface area (Å²) in [6.07, 6.45) is 2.33. The van der Waals surface area contributed by atoms with Gasteiger partial charge in [-0.2, -0.15) is 0 Å². The van der Waals surface area contributed by atoms with Crippen molar-refractivity contribution in [2.24, 2.45) is 4.40 Å². The van der Waals surface area contributed by atoms with Crippen LogP contribution in [0.25, 0.3) is 0 Å². The van der Waals surface area contributed by atoms with Crippen molar-refractivity contribution in [1.29, 1.82) is 0 Å². The molecule has 3 nitrogen and oxygen atoms in total. The van der Waals surface area contributed by atoms with Gasteiger partial charge in [0.25, 0.3) is 0 Å². The minimum atomic E-state index is -1.37. The van der Waals surface area contributed by atoms with Crippen LogP contribution in [0.2, 0.25) is 5.02 Å². The third-order valence-electron chi connectivity index (χ3n) is 1.63. The molecule has 1 aromatic rings. The fourth-order valence-corrected chi connectivity index (χ4v) is 1.49. The Morgan fingerprint density at radius 1 is 1.56 bits per heavy atom. The zero-order valence-corrected chi connectivity index (χ0v) is 10.8. The number of nitrogens with zero attached hydrogens (tertiary/aromatic N) is 2. The van der Waals surface area contributed by atoms with E-state index in [0.717, 1.165) is 12.3 Å². The summed E-state index contributed by atoms with van der Waals surface area (Å²) in [6.45, 7) is 5.42. The van der Waals surface area contributed by atoms with E-state index in [1.807, 2.05) is 0 Å². The molecule has 16 heavy (non-hydrogen) atoms. The van der Waals surface area contributed by atoms with Gasteiger partial charge in [-0.1, -0.05) is 16.0 Å². The van der Waals surface area contributed by atoms with Crippen LogP contribution >= 0.6 is 11.6 Å². The Bertz CT molecular complexity index is 406. The molecule has 0 aliphatic carbocycles. The van der Waals surface area contributed by atoms with Gasteiger partial charge in [0.05, 0.1) is 11.2 Å². The molecule has 0 amide bonds. The van der Waals surface area contributed by atoms with Gasteiger partial charge in [0.2, 0.25) is 0 Å². The van der Waals surface area contributed by atoms with Gasteiger partial charge in [-0.3, -0.25) is 4.98 Å². The highest BCUT2D eigenvalue weighted by atomic mass is 35.5. The molecule has 0 spiro atoms. The van der Waals surface area contributed by atoms with E-state index in [1.165, 1.54) is 6.21 Å². The average molecular weight is 263 g/mol. The van der Waals surface area contributed by atoms with Crippen LogP contribution in [0.3, 0.4) is 0 Å². The summed E-state index contributed by atoms with van der Waals surface area (Å²) in [4.78, 5) is 3.74. The highest BCUT2D eigenvalue weighted by Crippen LogP contribution is 2.18. The Kier molecular flexibility index (Phi) is 4.29. The number of hydrogen-bond acceptors (Lipinski definition) is 3. The highest BCUT2D eigenvalue weighted by Gasteiger charge is 2.25. The quantitative estimate of drug-likeness (QED) is 0.608. The number of halogens is 2. The van der Waals surface area contributed by atoms with Gasteiger partial charge in [-0.15, -0.1) is 0 Å². The lowest BCUT2D eigenvalue weighted by atomic mass is 10.3. The molecule has 0 aromatic carbocycles. The summed E-state index contributed by atoms with van der Waals surface area (Å²) >= 11 is 4.36. The van der Waals surface area contributed by atoms with Gasteiger partial charge < -0.3 is 4.55 Å². The lowest BCUT2D eigenvalue weighted by Gasteiger charge is -2.17. The Balaban J connectivity index is 2.85. The van der Waals surface area contributed by atoms with Crippen LogP contribution in [0.5, 0.6) is 0 Å². The van der Waals surface area contributed by atoms with Gasteiger partial charge in [-0.05, 0) is 26.8 Å². The highest BCUT2D eigenvalue weighted by molar-refractivity contribution is 7.91. The van der Waals surface area contributed by atoms with E-state index in [0.29, 0.717) is 5.69 Å². The lowest BCUT2D eigenvalue weighted by Crippen LogP contribution is -2.25. The van der Waals surface area contributed by atoms with Crippen molar-refractivity contribution in [3.8, 4) is 0 Å². The first-order chi connectivity index (χ1) is 7.30. The molecule has 0 aliphatic rings. The minimum Gasteiger partial charge on any atom is -0.591 e. The molecular formula is C10H12ClFN2OS. The van der Waals surface area contributed by atoms with Crippen molar-refractivity contribution in [2.45, 2.75) is 25.5 Å². The number of hydrogen-bond donors (Lipinski definition) is 0. The first-order valence-electron chi connectivity index (χ1n) is 4.58. The second-order valence-corrected chi connectivity index (χ2v) is 6.46. The van der Waals surface area contributed by atoms with Crippen LogP contribution in [0.1, 0.15) is 26.5 Å². The molecule has 1 atom stereocenters. The Morgan fingerprint density at radius 2 is 2.19 bits per heavy atom. The van der Waals surface area contributed by atoms with E-state index >= 15 is 0 Å². The predicted octanol–water partition coefficient (Wildman–Crippen LogP) is 2.76. The zero-order chi connectivity index (χ0) is 12.3. The second kappa shape index (κ2) is 5.12. The summed E-state index contributed by atoms with van der Waals surface area (Å²) in [7, 11) is 0. The molecule has 1 rings (SSSR count). The van der Waals surface area contributed by atoms with Gasteiger partial charge >= 0.3 is 0 Å². The molecular weight excluding hydrogens is 251 g/mol. The predicted molar refractivity (Wildman–Crippen MR) is 64.7 cm³/mol. The van der Waals surface area contributed by atoms with Crippen molar-refractivity contribution in [1.82, 2.24) is 4.98 Å². The Hall–Kier alpha value is -0.650. The molecule has 0 saturated heterocycles. The fourth-order valence-electron chi connectivity index (χ4n) is 0.776.